The van der Waals surface area contributed by atoms with E-state index in [1.54, 1.807) is 36.6 Å². The molecule has 8 heteroatoms. The first kappa shape index (κ1) is 18.1. The molecule has 2 rings (SSSR count). The lowest BCUT2D eigenvalue weighted by molar-refractivity contribution is 0.598. The number of nitrogens with zero attached hydrogens (tertiary/aromatic N) is 1. The Balaban J connectivity index is 2.30. The highest BCUT2D eigenvalue weighted by Crippen LogP contribution is 2.26. The number of anilines is 1. The number of nitrogens with one attached hydrogen (secondary N) is 1. The Morgan fingerprint density at radius 3 is 2.30 bits per heavy atom. The van der Waals surface area contributed by atoms with Crippen LogP contribution in [-0.4, -0.2) is 19.8 Å². The van der Waals surface area contributed by atoms with E-state index in [9.17, 15) is 8.42 Å². The van der Waals surface area contributed by atoms with Gasteiger partial charge in [-0.1, -0.05) is 52.7 Å². The lowest BCUT2D eigenvalue weighted by Crippen LogP contribution is -2.11. The molecule has 0 saturated carbocycles. The second-order valence-corrected chi connectivity index (χ2v) is 7.86. The number of amidine groups is 1. The maximum absolute atomic E-state index is 12.3. The van der Waals surface area contributed by atoms with Crippen LogP contribution in [0.15, 0.2) is 51.8 Å². The molecule has 0 saturated heterocycles. The van der Waals surface area contributed by atoms with Gasteiger partial charge >= 0.3 is 0 Å². The third kappa shape index (κ3) is 4.88. The van der Waals surface area contributed by atoms with E-state index in [-0.39, 0.29) is 10.1 Å². The van der Waals surface area contributed by atoms with Gasteiger partial charge in [0.05, 0.1) is 14.9 Å². The molecular formula is C15H14Cl2N2O2S2. The number of rotatable bonds is 3. The molecule has 0 unspecified atom stereocenters. The van der Waals surface area contributed by atoms with Gasteiger partial charge in [0.2, 0.25) is 0 Å². The van der Waals surface area contributed by atoms with Crippen LogP contribution in [0.5, 0.6) is 0 Å². The van der Waals surface area contributed by atoms with Crippen molar-refractivity contribution in [2.45, 2.75) is 11.8 Å². The minimum absolute atomic E-state index is 0.144. The fourth-order valence-corrected chi connectivity index (χ4v) is 3.64. The minimum Gasteiger partial charge on any atom is -0.334 e. The van der Waals surface area contributed by atoms with Crippen LogP contribution in [0.3, 0.4) is 0 Å². The van der Waals surface area contributed by atoms with Crippen molar-refractivity contribution in [3.63, 3.8) is 0 Å². The quantitative estimate of drug-likeness (QED) is 0.604. The Morgan fingerprint density at radius 1 is 1.09 bits per heavy atom. The van der Waals surface area contributed by atoms with Crippen LogP contribution < -0.4 is 5.32 Å². The summed E-state index contributed by atoms with van der Waals surface area (Å²) in [6.45, 7) is 1.89. The maximum atomic E-state index is 12.3. The van der Waals surface area contributed by atoms with Gasteiger partial charge in [0, 0.05) is 5.69 Å². The molecule has 2 aromatic rings. The Labute approximate surface area is 150 Å². The fraction of sp³-hybridized carbons (Fsp3) is 0.133. The Kier molecular flexibility index (Phi) is 5.97. The highest BCUT2D eigenvalue weighted by molar-refractivity contribution is 8.14. The van der Waals surface area contributed by atoms with Crippen LogP contribution in [0.4, 0.5) is 5.69 Å². The highest BCUT2D eigenvalue weighted by Gasteiger charge is 2.14. The molecule has 4 nitrogen and oxygen atoms in total. The molecule has 0 amide bonds. The molecule has 1 N–H and O–H groups in total. The highest BCUT2D eigenvalue weighted by atomic mass is 35.5. The number of hydrogen-bond donors (Lipinski definition) is 1. The molecular weight excluding hydrogens is 375 g/mol. The molecule has 0 atom stereocenters. The zero-order valence-electron chi connectivity index (χ0n) is 12.4. The van der Waals surface area contributed by atoms with E-state index in [1.807, 2.05) is 6.92 Å². The molecule has 23 heavy (non-hydrogen) atoms. The predicted molar refractivity (Wildman–Crippen MR) is 99.4 cm³/mol. The molecule has 0 fully saturated rings. The number of hydrogen-bond acceptors (Lipinski definition) is 3. The smallest absolute Gasteiger partial charge is 0.284 e. The first-order valence-corrected chi connectivity index (χ1v) is 9.91. The maximum Gasteiger partial charge on any atom is 0.284 e. The summed E-state index contributed by atoms with van der Waals surface area (Å²) < 4.78 is 28.5. The van der Waals surface area contributed by atoms with Crippen molar-refractivity contribution >= 4 is 55.8 Å². The number of benzene rings is 2. The van der Waals surface area contributed by atoms with Crippen LogP contribution in [0.2, 0.25) is 10.0 Å². The molecule has 0 heterocycles. The van der Waals surface area contributed by atoms with E-state index in [0.717, 1.165) is 5.56 Å². The zero-order chi connectivity index (χ0) is 17.0. The fourth-order valence-electron chi connectivity index (χ4n) is 1.68. The van der Waals surface area contributed by atoms with Gasteiger partial charge in [-0.2, -0.15) is 8.42 Å². The second-order valence-electron chi connectivity index (χ2n) is 4.64. The van der Waals surface area contributed by atoms with Gasteiger partial charge in [0.25, 0.3) is 10.0 Å². The number of thioether (sulfide) groups is 1. The molecule has 2 aromatic carbocycles. The molecule has 0 radical (unpaired) electrons. The van der Waals surface area contributed by atoms with Crippen LogP contribution in [0.25, 0.3) is 0 Å². The minimum atomic E-state index is -3.78. The summed E-state index contributed by atoms with van der Waals surface area (Å²) in [5.41, 5.74) is 1.58. The van der Waals surface area contributed by atoms with E-state index in [2.05, 4.69) is 9.71 Å². The van der Waals surface area contributed by atoms with Crippen molar-refractivity contribution in [3.8, 4) is 0 Å². The normalized spacial score (nSPS) is 12.3. The standard InChI is InChI=1S/C15H14Cl2N2O2S2/c1-10-3-6-12(7-4-10)23(20,21)19-15(22-2)18-11-5-8-13(16)14(17)9-11/h3-9H,1-2H3,(H,18,19). The topological polar surface area (TPSA) is 58.5 Å². The summed E-state index contributed by atoms with van der Waals surface area (Å²) in [6.07, 6.45) is 1.73. The van der Waals surface area contributed by atoms with Gasteiger partial charge in [-0.15, -0.1) is 4.40 Å². The molecule has 0 aromatic heterocycles. The van der Waals surface area contributed by atoms with Crippen LogP contribution in [0.1, 0.15) is 5.56 Å². The van der Waals surface area contributed by atoms with E-state index < -0.39 is 10.0 Å². The first-order chi connectivity index (χ1) is 10.8. The van der Waals surface area contributed by atoms with E-state index >= 15 is 0 Å². The molecule has 0 spiro atoms. The van der Waals surface area contributed by atoms with Crippen LogP contribution in [0, 0.1) is 6.92 Å². The van der Waals surface area contributed by atoms with Crippen molar-refractivity contribution in [3.05, 3.63) is 58.1 Å². The van der Waals surface area contributed by atoms with Crippen molar-refractivity contribution < 1.29 is 8.42 Å². The van der Waals surface area contributed by atoms with Gasteiger partial charge in [0.15, 0.2) is 5.17 Å². The Bertz CT molecular complexity index is 835. The van der Waals surface area contributed by atoms with Gasteiger partial charge in [-0.05, 0) is 43.5 Å². The Hall–Kier alpha value is -1.21. The monoisotopic (exact) mass is 388 g/mol. The zero-order valence-corrected chi connectivity index (χ0v) is 15.5. The number of halogens is 2. The van der Waals surface area contributed by atoms with Crippen molar-refractivity contribution in [2.24, 2.45) is 4.40 Å². The average Bonchev–Trinajstić information content (AvgIpc) is 2.50. The summed E-state index contributed by atoms with van der Waals surface area (Å²) in [7, 11) is -3.78. The van der Waals surface area contributed by atoms with Gasteiger partial charge in [-0.3, -0.25) is 0 Å². The Morgan fingerprint density at radius 2 is 1.74 bits per heavy atom. The summed E-state index contributed by atoms with van der Waals surface area (Å²) in [6, 6.07) is 11.4. The van der Waals surface area contributed by atoms with Crippen molar-refractivity contribution in [2.75, 3.05) is 11.6 Å². The van der Waals surface area contributed by atoms with Gasteiger partial charge < -0.3 is 5.32 Å². The summed E-state index contributed by atoms with van der Waals surface area (Å²) >= 11 is 13.0. The van der Waals surface area contributed by atoms with Gasteiger partial charge in [-0.25, -0.2) is 0 Å². The third-order valence-corrected chi connectivity index (χ3v) is 5.61. The number of aryl methyl sites for hydroxylation is 1. The van der Waals surface area contributed by atoms with Crippen molar-refractivity contribution in [1.29, 1.82) is 0 Å². The molecule has 0 aliphatic carbocycles. The van der Waals surface area contributed by atoms with E-state index in [4.69, 9.17) is 23.2 Å². The summed E-state index contributed by atoms with van der Waals surface area (Å²) in [5, 5.41) is 3.96. The summed E-state index contributed by atoms with van der Waals surface area (Å²) in [5.74, 6) is 0. The van der Waals surface area contributed by atoms with Crippen molar-refractivity contribution in [1.82, 2.24) is 0 Å². The van der Waals surface area contributed by atoms with E-state index in [1.165, 1.54) is 23.9 Å². The molecule has 0 aliphatic rings. The molecule has 0 aliphatic heterocycles. The molecule has 122 valence electrons. The third-order valence-electron chi connectivity index (χ3n) is 2.89. The summed E-state index contributed by atoms with van der Waals surface area (Å²) in [4.78, 5) is 0.144. The van der Waals surface area contributed by atoms with E-state index in [0.29, 0.717) is 15.7 Å². The van der Waals surface area contributed by atoms with Crippen LogP contribution >= 0.6 is 35.0 Å². The SMILES string of the molecule is CS/C(=N\S(=O)(=O)c1ccc(C)cc1)Nc1ccc(Cl)c(Cl)c1. The second kappa shape index (κ2) is 7.57. The number of sulfonamides is 1. The predicted octanol–water partition coefficient (Wildman–Crippen LogP) is 4.82. The average molecular weight is 389 g/mol. The lowest BCUT2D eigenvalue weighted by Gasteiger charge is -2.09. The lowest BCUT2D eigenvalue weighted by atomic mass is 10.2. The first-order valence-electron chi connectivity index (χ1n) is 6.49. The van der Waals surface area contributed by atoms with Gasteiger partial charge in [0.1, 0.15) is 0 Å². The van der Waals surface area contributed by atoms with Crippen LogP contribution in [-0.2, 0) is 10.0 Å². The molecule has 0 bridgehead atoms. The largest absolute Gasteiger partial charge is 0.334 e.